The van der Waals surface area contributed by atoms with Gasteiger partial charge in [-0.1, -0.05) is 0 Å². The van der Waals surface area contributed by atoms with Crippen molar-refractivity contribution in [2.75, 3.05) is 39.3 Å². The zero-order chi connectivity index (χ0) is 13.0. The van der Waals surface area contributed by atoms with E-state index in [1.807, 2.05) is 0 Å². The fourth-order valence-electron chi connectivity index (χ4n) is 1.21. The van der Waals surface area contributed by atoms with Crippen molar-refractivity contribution in [1.82, 2.24) is 4.90 Å². The molecule has 0 aromatic rings. The van der Waals surface area contributed by atoms with Gasteiger partial charge in [0.1, 0.15) is 9.84 Å². The molecule has 0 aromatic heterocycles. The molecule has 0 aromatic carbocycles. The predicted octanol–water partition coefficient (Wildman–Crippen LogP) is -1.11. The van der Waals surface area contributed by atoms with Crippen molar-refractivity contribution in [2.45, 2.75) is 12.5 Å². The van der Waals surface area contributed by atoms with Gasteiger partial charge in [-0.05, 0) is 14.0 Å². The fourth-order valence-corrected chi connectivity index (χ4v) is 1.85. The Morgan fingerprint density at radius 2 is 2.00 bits per heavy atom. The number of nitrogens with zero attached hydrogens (tertiary/aromatic N) is 1. The molecule has 0 saturated heterocycles. The van der Waals surface area contributed by atoms with Crippen LogP contribution < -0.4 is 0 Å². The molecule has 0 fully saturated rings. The number of likely N-dealkylation sites (N-methyl/N-ethyl adjacent to an activating group) is 1. The summed E-state index contributed by atoms with van der Waals surface area (Å²) >= 11 is 0. The summed E-state index contributed by atoms with van der Waals surface area (Å²) in [5.74, 6) is -0.750. The van der Waals surface area contributed by atoms with Crippen LogP contribution in [0.2, 0.25) is 0 Å². The number of carbonyl (C=O) groups is 1. The van der Waals surface area contributed by atoms with Crippen molar-refractivity contribution in [3.05, 3.63) is 0 Å². The first kappa shape index (κ1) is 15.3. The smallest absolute Gasteiger partial charge is 0.338 e. The number of sulfone groups is 1. The first-order valence-corrected chi connectivity index (χ1v) is 6.81. The van der Waals surface area contributed by atoms with Gasteiger partial charge in [-0.25, -0.2) is 13.2 Å². The van der Waals surface area contributed by atoms with E-state index in [0.717, 1.165) is 6.26 Å². The lowest BCUT2D eigenvalue weighted by atomic mass is 10.1. The van der Waals surface area contributed by atoms with Crippen molar-refractivity contribution >= 4 is 15.8 Å². The van der Waals surface area contributed by atoms with Gasteiger partial charge in [0.2, 0.25) is 0 Å². The highest BCUT2D eigenvalue weighted by molar-refractivity contribution is 7.90. The average Bonchev–Trinajstić information content (AvgIpc) is 2.11. The monoisotopic (exact) mass is 253 g/mol. The average molecular weight is 253 g/mol. The largest absolute Gasteiger partial charge is 0.467 e. The summed E-state index contributed by atoms with van der Waals surface area (Å²) in [6, 6.07) is 0. The summed E-state index contributed by atoms with van der Waals surface area (Å²) < 4.78 is 26.2. The number of aliphatic hydroxyl groups is 1. The minimum atomic E-state index is -3.04. The van der Waals surface area contributed by atoms with Crippen LogP contribution in [0.25, 0.3) is 0 Å². The molecule has 1 unspecified atom stereocenters. The van der Waals surface area contributed by atoms with Gasteiger partial charge in [-0.15, -0.1) is 0 Å². The highest BCUT2D eigenvalue weighted by atomic mass is 32.2. The Morgan fingerprint density at radius 1 is 1.50 bits per heavy atom. The Labute approximate surface area is 96.1 Å². The summed E-state index contributed by atoms with van der Waals surface area (Å²) in [6.45, 7) is 1.61. The molecule has 0 radical (unpaired) electrons. The highest BCUT2D eigenvalue weighted by Gasteiger charge is 2.32. The van der Waals surface area contributed by atoms with Crippen molar-refractivity contribution in [3.63, 3.8) is 0 Å². The van der Waals surface area contributed by atoms with Crippen LogP contribution in [0.3, 0.4) is 0 Å². The SMILES string of the molecule is COC(=O)C(C)(O)CN(C)CCS(C)(=O)=O. The zero-order valence-corrected chi connectivity index (χ0v) is 10.9. The third-order valence-corrected chi connectivity index (χ3v) is 2.97. The van der Waals surface area contributed by atoms with Crippen LogP contribution in [-0.4, -0.2) is 69.3 Å². The van der Waals surface area contributed by atoms with Crippen LogP contribution >= 0.6 is 0 Å². The molecule has 7 heteroatoms. The maximum Gasteiger partial charge on any atom is 0.338 e. The second-order valence-electron chi connectivity index (χ2n) is 4.13. The third-order valence-electron chi connectivity index (χ3n) is 2.05. The Morgan fingerprint density at radius 3 is 2.38 bits per heavy atom. The number of hydrogen-bond donors (Lipinski definition) is 1. The summed E-state index contributed by atoms with van der Waals surface area (Å²) in [4.78, 5) is 12.7. The van der Waals surface area contributed by atoms with Crippen LogP contribution in [0.4, 0.5) is 0 Å². The Hall–Kier alpha value is -0.660. The fraction of sp³-hybridized carbons (Fsp3) is 0.889. The lowest BCUT2D eigenvalue weighted by molar-refractivity contribution is -0.161. The molecule has 0 rings (SSSR count). The highest BCUT2D eigenvalue weighted by Crippen LogP contribution is 2.07. The molecule has 96 valence electrons. The number of esters is 1. The third kappa shape index (κ3) is 6.04. The minimum Gasteiger partial charge on any atom is -0.467 e. The van der Waals surface area contributed by atoms with Crippen LogP contribution in [0, 0.1) is 0 Å². The van der Waals surface area contributed by atoms with Crippen LogP contribution in [-0.2, 0) is 19.4 Å². The second kappa shape index (κ2) is 5.60. The van der Waals surface area contributed by atoms with Crippen molar-refractivity contribution in [2.24, 2.45) is 0 Å². The molecule has 1 N–H and O–H groups in total. The van der Waals surface area contributed by atoms with Gasteiger partial charge < -0.3 is 14.7 Å². The quantitative estimate of drug-likeness (QED) is 0.604. The van der Waals surface area contributed by atoms with Gasteiger partial charge in [0.25, 0.3) is 0 Å². The molecular weight excluding hydrogens is 234 g/mol. The molecule has 0 heterocycles. The van der Waals surface area contributed by atoms with E-state index >= 15 is 0 Å². The maximum atomic E-state index is 11.2. The topological polar surface area (TPSA) is 83.9 Å². The zero-order valence-electron chi connectivity index (χ0n) is 10.1. The Balaban J connectivity index is 4.24. The standard InChI is InChI=1S/C9H19NO5S/c1-9(12,8(11)15-3)7-10(2)5-6-16(4,13)14/h12H,5-7H2,1-4H3. The van der Waals surface area contributed by atoms with Gasteiger partial charge in [-0.3, -0.25) is 0 Å². The van der Waals surface area contributed by atoms with Gasteiger partial charge in [0.05, 0.1) is 12.9 Å². The number of hydrogen-bond acceptors (Lipinski definition) is 6. The molecule has 0 spiro atoms. The molecule has 16 heavy (non-hydrogen) atoms. The Bertz CT molecular complexity index is 336. The van der Waals surface area contributed by atoms with Gasteiger partial charge in [0, 0.05) is 19.3 Å². The first-order chi connectivity index (χ1) is 7.08. The summed E-state index contributed by atoms with van der Waals surface area (Å²) in [5.41, 5.74) is -1.62. The molecule has 0 aliphatic heterocycles. The van der Waals surface area contributed by atoms with Crippen molar-refractivity contribution in [3.8, 4) is 0 Å². The van der Waals surface area contributed by atoms with Gasteiger partial charge in [0.15, 0.2) is 5.60 Å². The number of rotatable bonds is 6. The molecule has 0 aliphatic rings. The molecule has 0 saturated carbocycles. The van der Waals surface area contributed by atoms with Crippen LogP contribution in [0.15, 0.2) is 0 Å². The van der Waals surface area contributed by atoms with E-state index in [1.54, 1.807) is 11.9 Å². The second-order valence-corrected chi connectivity index (χ2v) is 6.39. The van der Waals surface area contributed by atoms with Gasteiger partial charge >= 0.3 is 5.97 Å². The van der Waals surface area contributed by atoms with Gasteiger partial charge in [-0.2, -0.15) is 0 Å². The Kier molecular flexibility index (Phi) is 5.37. The van der Waals surface area contributed by atoms with E-state index in [0.29, 0.717) is 0 Å². The number of ether oxygens (including phenoxy) is 1. The molecule has 0 bridgehead atoms. The number of methoxy groups -OCH3 is 1. The summed E-state index contributed by atoms with van der Waals surface area (Å²) in [6.07, 6.45) is 1.14. The molecular formula is C9H19NO5S. The van der Waals surface area contributed by atoms with E-state index in [4.69, 9.17) is 0 Å². The van der Waals surface area contributed by atoms with Crippen molar-refractivity contribution < 1.29 is 23.1 Å². The van der Waals surface area contributed by atoms with Crippen LogP contribution in [0.5, 0.6) is 0 Å². The van der Waals surface area contributed by atoms with E-state index in [-0.39, 0.29) is 18.8 Å². The van der Waals surface area contributed by atoms with Crippen LogP contribution in [0.1, 0.15) is 6.92 Å². The summed E-state index contributed by atoms with van der Waals surface area (Å²) in [7, 11) is -0.225. The molecule has 0 amide bonds. The van der Waals surface area contributed by atoms with E-state index in [9.17, 15) is 18.3 Å². The minimum absolute atomic E-state index is 0.0131. The molecule has 6 nitrogen and oxygen atoms in total. The van der Waals surface area contributed by atoms with Crippen molar-refractivity contribution in [1.29, 1.82) is 0 Å². The molecule has 0 aliphatic carbocycles. The lowest BCUT2D eigenvalue weighted by Crippen LogP contribution is -2.47. The first-order valence-electron chi connectivity index (χ1n) is 4.75. The normalized spacial score (nSPS) is 15.9. The number of carbonyl (C=O) groups excluding carboxylic acids is 1. The summed E-state index contributed by atoms with van der Waals surface area (Å²) in [5, 5.41) is 9.72. The maximum absolute atomic E-state index is 11.2. The lowest BCUT2D eigenvalue weighted by Gasteiger charge is -2.26. The van der Waals surface area contributed by atoms with E-state index < -0.39 is 21.4 Å². The van der Waals surface area contributed by atoms with E-state index in [2.05, 4.69) is 4.74 Å². The van der Waals surface area contributed by atoms with E-state index in [1.165, 1.54) is 14.0 Å². The molecule has 1 atom stereocenters. The predicted molar refractivity (Wildman–Crippen MR) is 59.8 cm³/mol.